The number of benzene rings is 1. The molecule has 0 spiro atoms. The van der Waals surface area contributed by atoms with E-state index in [2.05, 4.69) is 10.6 Å². The number of rotatable bonds is 9. The van der Waals surface area contributed by atoms with Crippen LogP contribution in [-0.4, -0.2) is 24.9 Å². The quantitative estimate of drug-likeness (QED) is 0.311. The van der Waals surface area contributed by atoms with Gasteiger partial charge in [0.05, 0.1) is 12.6 Å². The van der Waals surface area contributed by atoms with Crippen molar-refractivity contribution in [1.82, 2.24) is 10.6 Å². The summed E-state index contributed by atoms with van der Waals surface area (Å²) in [5.74, 6) is 0.838. The molecule has 6 heteroatoms. The van der Waals surface area contributed by atoms with Gasteiger partial charge in [0.15, 0.2) is 0 Å². The molecule has 130 valence electrons. The Hall–Kier alpha value is -2.19. The van der Waals surface area contributed by atoms with Gasteiger partial charge in [-0.05, 0) is 33.3 Å². The Morgan fingerprint density at radius 1 is 1.50 bits per heavy atom. The fourth-order valence-corrected chi connectivity index (χ4v) is 2.27. The Morgan fingerprint density at radius 2 is 2.25 bits per heavy atom. The number of amides is 1. The van der Waals surface area contributed by atoms with E-state index >= 15 is 0 Å². The highest BCUT2D eigenvalue weighted by Crippen LogP contribution is 2.26. The van der Waals surface area contributed by atoms with Crippen molar-refractivity contribution in [3.63, 3.8) is 0 Å². The van der Waals surface area contributed by atoms with Crippen molar-refractivity contribution < 1.29 is 9.53 Å². The Labute approximate surface area is 148 Å². The molecule has 1 unspecified atom stereocenters. The molecule has 1 amide bonds. The highest BCUT2D eigenvalue weighted by Gasteiger charge is 2.17. The second-order valence-electron chi connectivity index (χ2n) is 5.34. The van der Waals surface area contributed by atoms with E-state index < -0.39 is 5.91 Å². The van der Waals surface area contributed by atoms with Gasteiger partial charge in [-0.25, -0.2) is 0 Å². The molecule has 1 atom stereocenters. The maximum atomic E-state index is 12.3. The van der Waals surface area contributed by atoms with Crippen molar-refractivity contribution in [2.75, 3.05) is 19.0 Å². The normalized spacial score (nSPS) is 12.2. The lowest BCUT2D eigenvalue weighted by molar-refractivity contribution is -0.117. The monoisotopic (exact) mass is 349 g/mol. The fraction of sp³-hybridized carbons (Fsp3) is 0.444. The first kappa shape index (κ1) is 19.9. The second kappa shape index (κ2) is 10.6. The topological polar surface area (TPSA) is 74.1 Å². The molecule has 2 N–H and O–H groups in total. The molecular weight excluding hydrogens is 326 g/mol. The fourth-order valence-electron chi connectivity index (χ4n) is 2.14. The average molecular weight is 350 g/mol. The molecule has 0 radical (unpaired) electrons. The smallest absolute Gasteiger partial charge is 0.263 e. The van der Waals surface area contributed by atoms with Crippen LogP contribution in [-0.2, 0) is 4.79 Å². The van der Waals surface area contributed by atoms with Gasteiger partial charge in [0.1, 0.15) is 17.4 Å². The molecule has 0 aromatic heterocycles. The minimum absolute atomic E-state index is 0.0297. The Morgan fingerprint density at radius 3 is 2.88 bits per heavy atom. The summed E-state index contributed by atoms with van der Waals surface area (Å²) in [5, 5.41) is 14.9. The maximum Gasteiger partial charge on any atom is 0.263 e. The summed E-state index contributed by atoms with van der Waals surface area (Å²) in [6.45, 7) is 6.92. The number of alkyl halides is 1. The van der Waals surface area contributed by atoms with E-state index in [0.29, 0.717) is 19.0 Å². The summed E-state index contributed by atoms with van der Waals surface area (Å²) in [7, 11) is 0. The number of ether oxygens (including phenoxy) is 1. The SMILES string of the molecule is CCOc1ccc(C)cc1C(C)NC(=O)/C(C#N)=C\NCCCCl. The molecule has 0 aliphatic carbocycles. The van der Waals surface area contributed by atoms with Gasteiger partial charge in [0, 0.05) is 24.2 Å². The van der Waals surface area contributed by atoms with Gasteiger partial charge >= 0.3 is 0 Å². The number of carbonyl (C=O) groups excluding carboxylic acids is 1. The largest absolute Gasteiger partial charge is 0.494 e. The third-order valence-electron chi connectivity index (χ3n) is 3.35. The highest BCUT2D eigenvalue weighted by atomic mass is 35.5. The Balaban J connectivity index is 2.82. The first-order valence-electron chi connectivity index (χ1n) is 7.97. The Bertz CT molecular complexity index is 623. The molecule has 24 heavy (non-hydrogen) atoms. The van der Waals surface area contributed by atoms with Crippen molar-refractivity contribution in [3.05, 3.63) is 41.1 Å². The van der Waals surface area contributed by atoms with Crippen molar-refractivity contribution in [1.29, 1.82) is 5.26 Å². The van der Waals surface area contributed by atoms with Crippen molar-refractivity contribution in [3.8, 4) is 11.8 Å². The van der Waals surface area contributed by atoms with E-state index in [9.17, 15) is 4.79 Å². The molecule has 0 bridgehead atoms. The van der Waals surface area contributed by atoms with Gasteiger partial charge in [-0.2, -0.15) is 5.26 Å². The molecular formula is C18H24ClN3O2. The van der Waals surface area contributed by atoms with Gasteiger partial charge < -0.3 is 15.4 Å². The van der Waals surface area contributed by atoms with Crippen LogP contribution in [0.2, 0.25) is 0 Å². The van der Waals surface area contributed by atoms with Crippen LogP contribution in [0.15, 0.2) is 30.0 Å². The summed E-state index contributed by atoms with van der Waals surface area (Å²) in [4.78, 5) is 12.3. The molecule has 1 rings (SSSR count). The van der Waals surface area contributed by atoms with Gasteiger partial charge in [-0.1, -0.05) is 17.7 Å². The van der Waals surface area contributed by atoms with Crippen molar-refractivity contribution >= 4 is 17.5 Å². The number of hydrogen-bond acceptors (Lipinski definition) is 4. The second-order valence-corrected chi connectivity index (χ2v) is 5.71. The van der Waals surface area contributed by atoms with Gasteiger partial charge in [0.2, 0.25) is 0 Å². The summed E-state index contributed by atoms with van der Waals surface area (Å²) in [5.41, 5.74) is 1.99. The zero-order valence-electron chi connectivity index (χ0n) is 14.4. The lowest BCUT2D eigenvalue weighted by Crippen LogP contribution is -2.29. The van der Waals surface area contributed by atoms with Crippen LogP contribution in [0.1, 0.15) is 37.4 Å². The number of nitriles is 1. The summed E-state index contributed by atoms with van der Waals surface area (Å²) in [6, 6.07) is 7.46. The van der Waals surface area contributed by atoms with Crippen LogP contribution in [0.3, 0.4) is 0 Å². The van der Waals surface area contributed by atoms with Gasteiger partial charge in [0.25, 0.3) is 5.91 Å². The lowest BCUT2D eigenvalue weighted by Gasteiger charge is -2.18. The Kier molecular flexibility index (Phi) is 8.74. The van der Waals surface area contributed by atoms with Crippen LogP contribution in [0, 0.1) is 18.3 Å². The minimum atomic E-state index is -0.424. The number of nitrogens with zero attached hydrogens (tertiary/aromatic N) is 1. The number of nitrogens with one attached hydrogen (secondary N) is 2. The van der Waals surface area contributed by atoms with Crippen LogP contribution >= 0.6 is 11.6 Å². The first-order valence-corrected chi connectivity index (χ1v) is 8.50. The summed E-state index contributed by atoms with van der Waals surface area (Å²) in [6.07, 6.45) is 2.18. The van der Waals surface area contributed by atoms with Gasteiger partial charge in [-0.3, -0.25) is 4.79 Å². The van der Waals surface area contributed by atoms with E-state index in [4.69, 9.17) is 21.6 Å². The third-order valence-corrected chi connectivity index (χ3v) is 3.61. The van der Waals surface area contributed by atoms with E-state index in [1.54, 1.807) is 0 Å². The summed E-state index contributed by atoms with van der Waals surface area (Å²) < 4.78 is 5.62. The number of carbonyl (C=O) groups is 1. The van der Waals surface area contributed by atoms with Crippen LogP contribution in [0.4, 0.5) is 0 Å². The van der Waals surface area contributed by atoms with E-state index in [-0.39, 0.29) is 11.6 Å². The third kappa shape index (κ3) is 6.13. The van der Waals surface area contributed by atoms with Gasteiger partial charge in [-0.15, -0.1) is 11.6 Å². The number of aryl methyl sites for hydroxylation is 1. The van der Waals surface area contributed by atoms with Crippen LogP contribution in [0.25, 0.3) is 0 Å². The molecule has 1 aromatic rings. The predicted molar refractivity (Wildman–Crippen MR) is 95.9 cm³/mol. The zero-order chi connectivity index (χ0) is 17.9. The standard InChI is InChI=1S/C18H24ClN3O2/c1-4-24-17-7-6-13(2)10-16(17)14(3)22-18(23)15(11-20)12-21-9-5-8-19/h6-7,10,12,14,21H,4-5,8-9H2,1-3H3,(H,22,23)/b15-12-. The molecule has 0 saturated carbocycles. The highest BCUT2D eigenvalue weighted by molar-refractivity contribution is 6.17. The molecule has 0 aliphatic heterocycles. The molecule has 0 saturated heterocycles. The number of halogens is 1. The molecule has 0 heterocycles. The molecule has 1 aromatic carbocycles. The minimum Gasteiger partial charge on any atom is -0.494 e. The zero-order valence-corrected chi connectivity index (χ0v) is 15.1. The van der Waals surface area contributed by atoms with E-state index in [0.717, 1.165) is 23.3 Å². The van der Waals surface area contributed by atoms with Crippen LogP contribution < -0.4 is 15.4 Å². The molecule has 0 aliphatic rings. The first-order chi connectivity index (χ1) is 11.5. The maximum absolute atomic E-state index is 12.3. The average Bonchev–Trinajstić information content (AvgIpc) is 2.56. The van der Waals surface area contributed by atoms with Crippen molar-refractivity contribution in [2.45, 2.75) is 33.2 Å². The number of hydrogen-bond donors (Lipinski definition) is 2. The van der Waals surface area contributed by atoms with Crippen molar-refractivity contribution in [2.24, 2.45) is 0 Å². The van der Waals surface area contributed by atoms with Crippen LogP contribution in [0.5, 0.6) is 5.75 Å². The molecule has 0 fully saturated rings. The molecule has 5 nitrogen and oxygen atoms in total. The predicted octanol–water partition coefficient (Wildman–Crippen LogP) is 3.20. The summed E-state index contributed by atoms with van der Waals surface area (Å²) >= 11 is 5.59. The van der Waals surface area contributed by atoms with E-state index in [1.165, 1.54) is 6.20 Å². The lowest BCUT2D eigenvalue weighted by atomic mass is 10.0. The van der Waals surface area contributed by atoms with E-state index in [1.807, 2.05) is 45.0 Å².